The maximum Gasteiger partial charge on any atom is 0.170 e. The number of pyridine rings is 1. The predicted octanol–water partition coefficient (Wildman–Crippen LogP) is 3.89. The Morgan fingerprint density at radius 2 is 2.00 bits per heavy atom. The largest absolute Gasteiger partial charge is 0.497 e. The summed E-state index contributed by atoms with van der Waals surface area (Å²) in [5, 5.41) is 4.24. The van der Waals surface area contributed by atoms with Crippen molar-refractivity contribution in [3.63, 3.8) is 0 Å². The summed E-state index contributed by atoms with van der Waals surface area (Å²) in [6.45, 7) is 1.49. The Bertz CT molecular complexity index is 992. The fourth-order valence-corrected chi connectivity index (χ4v) is 4.31. The van der Waals surface area contributed by atoms with Crippen LogP contribution in [0.25, 0.3) is 5.69 Å². The lowest BCUT2D eigenvalue weighted by Crippen LogP contribution is -2.32. The summed E-state index contributed by atoms with van der Waals surface area (Å²) in [4.78, 5) is 6.86. The van der Waals surface area contributed by atoms with Gasteiger partial charge in [0, 0.05) is 50.1 Å². The Labute approximate surface area is 182 Å². The van der Waals surface area contributed by atoms with Gasteiger partial charge in [-0.05, 0) is 55.0 Å². The van der Waals surface area contributed by atoms with Crippen molar-refractivity contribution in [2.24, 2.45) is 0 Å². The van der Waals surface area contributed by atoms with Gasteiger partial charge in [-0.1, -0.05) is 12.1 Å². The molecular formula is C23H26N4O2S. The van der Waals surface area contributed by atoms with Crippen LogP contribution in [0, 0.1) is 0 Å². The Morgan fingerprint density at radius 1 is 1.10 bits per heavy atom. The minimum atomic E-state index is -0.0412. The minimum Gasteiger partial charge on any atom is -0.497 e. The second kappa shape index (κ2) is 9.28. The molecule has 3 heterocycles. The van der Waals surface area contributed by atoms with E-state index in [4.69, 9.17) is 21.7 Å². The summed E-state index contributed by atoms with van der Waals surface area (Å²) >= 11 is 5.73. The number of rotatable bonds is 8. The number of hydrogen-bond acceptors (Lipinski definition) is 4. The molecule has 1 N–H and O–H groups in total. The lowest BCUT2D eigenvalue weighted by atomic mass is 10.0. The number of hydrogen-bond donors (Lipinski definition) is 1. The van der Waals surface area contributed by atoms with Gasteiger partial charge in [0.05, 0.1) is 24.9 Å². The molecule has 3 aromatic rings. The molecule has 2 aromatic heterocycles. The zero-order chi connectivity index (χ0) is 20.9. The van der Waals surface area contributed by atoms with Gasteiger partial charge in [0.2, 0.25) is 0 Å². The molecule has 0 spiro atoms. The number of aromatic nitrogens is 2. The van der Waals surface area contributed by atoms with E-state index >= 15 is 0 Å². The Balaban J connectivity index is 1.76. The van der Waals surface area contributed by atoms with E-state index in [1.54, 1.807) is 14.2 Å². The first-order chi connectivity index (χ1) is 14.7. The second-order valence-corrected chi connectivity index (χ2v) is 7.56. The predicted molar refractivity (Wildman–Crippen MR) is 121 cm³/mol. The topological polar surface area (TPSA) is 51.5 Å². The zero-order valence-corrected chi connectivity index (χ0v) is 18.0. The highest BCUT2D eigenvalue weighted by Crippen LogP contribution is 2.39. The molecule has 7 heteroatoms. The highest BCUT2D eigenvalue weighted by molar-refractivity contribution is 7.80. The first-order valence-corrected chi connectivity index (χ1v) is 10.4. The van der Waals surface area contributed by atoms with Crippen LogP contribution in [-0.4, -0.2) is 46.9 Å². The molecule has 1 fully saturated rings. The monoisotopic (exact) mass is 422 g/mol. The van der Waals surface area contributed by atoms with Crippen LogP contribution in [0.3, 0.4) is 0 Å². The molecule has 2 atom stereocenters. The molecule has 4 rings (SSSR count). The quantitative estimate of drug-likeness (QED) is 0.439. The molecule has 0 unspecified atom stereocenters. The number of nitrogens with one attached hydrogen (secondary N) is 1. The Kier molecular flexibility index (Phi) is 6.30. The number of thiocarbonyl (C=S) groups is 1. The standard InChI is InChI=1S/C23H26N4O2S/c1-28-15-7-14-27-22(21(25-23(27)30)19-10-3-4-12-24-19)20-11-6-13-26(20)17-8-5-9-18(16-17)29-2/h3-6,8-13,16,21-22H,7,14-15H2,1-2H3,(H,25,30)/t21-,22-/m1/s1. The van der Waals surface area contributed by atoms with E-state index < -0.39 is 0 Å². The summed E-state index contributed by atoms with van der Waals surface area (Å²) in [6.07, 6.45) is 4.80. The van der Waals surface area contributed by atoms with Gasteiger partial charge in [0.1, 0.15) is 5.75 Å². The van der Waals surface area contributed by atoms with E-state index in [9.17, 15) is 0 Å². The molecule has 0 radical (unpaired) electrons. The average Bonchev–Trinajstić information content (AvgIpc) is 3.39. The summed E-state index contributed by atoms with van der Waals surface area (Å²) < 4.78 is 12.9. The molecule has 0 aliphatic carbocycles. The van der Waals surface area contributed by atoms with E-state index in [1.165, 1.54) is 0 Å². The summed E-state index contributed by atoms with van der Waals surface area (Å²) in [5.74, 6) is 0.824. The number of benzene rings is 1. The first kappa shape index (κ1) is 20.4. The minimum absolute atomic E-state index is 0.00505. The van der Waals surface area contributed by atoms with Crippen LogP contribution in [0.2, 0.25) is 0 Å². The summed E-state index contributed by atoms with van der Waals surface area (Å²) in [5.41, 5.74) is 3.16. The molecule has 156 valence electrons. The molecule has 1 aliphatic rings. The maximum absolute atomic E-state index is 5.73. The normalized spacial score (nSPS) is 18.5. The van der Waals surface area contributed by atoms with Gasteiger partial charge in [0.15, 0.2) is 5.11 Å². The number of nitrogens with zero attached hydrogens (tertiary/aromatic N) is 3. The van der Waals surface area contributed by atoms with Crippen molar-refractivity contribution < 1.29 is 9.47 Å². The molecule has 0 bridgehead atoms. The van der Waals surface area contributed by atoms with Gasteiger partial charge in [-0.25, -0.2) is 0 Å². The smallest absolute Gasteiger partial charge is 0.170 e. The van der Waals surface area contributed by atoms with Gasteiger partial charge in [0.25, 0.3) is 0 Å². The van der Waals surface area contributed by atoms with Crippen LogP contribution >= 0.6 is 12.2 Å². The highest BCUT2D eigenvalue weighted by Gasteiger charge is 2.40. The van der Waals surface area contributed by atoms with E-state index in [1.807, 2.05) is 42.6 Å². The van der Waals surface area contributed by atoms with Crippen molar-refractivity contribution in [3.05, 3.63) is 78.4 Å². The van der Waals surface area contributed by atoms with Gasteiger partial charge in [-0.2, -0.15) is 0 Å². The molecule has 0 saturated carbocycles. The lowest BCUT2D eigenvalue weighted by molar-refractivity contribution is 0.180. The van der Waals surface area contributed by atoms with Gasteiger partial charge < -0.3 is 24.3 Å². The van der Waals surface area contributed by atoms with E-state index in [0.717, 1.165) is 40.9 Å². The molecule has 30 heavy (non-hydrogen) atoms. The van der Waals surface area contributed by atoms with Crippen molar-refractivity contribution >= 4 is 17.3 Å². The first-order valence-electron chi connectivity index (χ1n) is 10.0. The van der Waals surface area contributed by atoms with E-state index in [2.05, 4.69) is 44.2 Å². The average molecular weight is 423 g/mol. The second-order valence-electron chi connectivity index (χ2n) is 7.17. The highest BCUT2D eigenvalue weighted by atomic mass is 32.1. The van der Waals surface area contributed by atoms with E-state index in [-0.39, 0.29) is 12.1 Å². The van der Waals surface area contributed by atoms with Crippen molar-refractivity contribution in [2.45, 2.75) is 18.5 Å². The lowest BCUT2D eigenvalue weighted by Gasteiger charge is -2.29. The molecular weight excluding hydrogens is 396 g/mol. The summed E-state index contributed by atoms with van der Waals surface area (Å²) in [6, 6.07) is 18.2. The van der Waals surface area contributed by atoms with Crippen LogP contribution < -0.4 is 10.1 Å². The third kappa shape index (κ3) is 4.04. The fraction of sp³-hybridized carbons (Fsp3) is 0.304. The van der Waals surface area contributed by atoms with Gasteiger partial charge >= 0.3 is 0 Å². The van der Waals surface area contributed by atoms with Gasteiger partial charge in [-0.15, -0.1) is 0 Å². The summed E-state index contributed by atoms with van der Waals surface area (Å²) in [7, 11) is 3.41. The van der Waals surface area contributed by atoms with Crippen LogP contribution in [0.5, 0.6) is 5.75 Å². The van der Waals surface area contributed by atoms with Crippen LogP contribution in [-0.2, 0) is 4.74 Å². The van der Waals surface area contributed by atoms with E-state index in [0.29, 0.717) is 6.61 Å². The third-order valence-electron chi connectivity index (χ3n) is 5.36. The zero-order valence-electron chi connectivity index (χ0n) is 17.2. The maximum atomic E-state index is 5.73. The van der Waals surface area contributed by atoms with Crippen LogP contribution in [0.1, 0.15) is 29.9 Å². The number of ether oxygens (including phenoxy) is 2. The van der Waals surface area contributed by atoms with Gasteiger partial charge in [-0.3, -0.25) is 4.98 Å². The Hall–Kier alpha value is -2.90. The van der Waals surface area contributed by atoms with Crippen LogP contribution in [0.15, 0.2) is 67.0 Å². The Morgan fingerprint density at radius 3 is 2.77 bits per heavy atom. The van der Waals surface area contributed by atoms with Crippen molar-refractivity contribution in [3.8, 4) is 11.4 Å². The SMILES string of the molecule is COCCCN1C(=S)N[C@H](c2ccccn2)[C@H]1c1cccn1-c1cccc(OC)c1. The van der Waals surface area contributed by atoms with Crippen LogP contribution in [0.4, 0.5) is 0 Å². The molecule has 1 saturated heterocycles. The van der Waals surface area contributed by atoms with Crippen molar-refractivity contribution in [2.75, 3.05) is 27.4 Å². The molecule has 6 nitrogen and oxygen atoms in total. The third-order valence-corrected chi connectivity index (χ3v) is 5.71. The molecule has 1 aromatic carbocycles. The molecule has 1 aliphatic heterocycles. The molecule has 0 amide bonds. The van der Waals surface area contributed by atoms with Crippen molar-refractivity contribution in [1.29, 1.82) is 0 Å². The van der Waals surface area contributed by atoms with Crippen molar-refractivity contribution in [1.82, 2.24) is 19.8 Å². The fourth-order valence-electron chi connectivity index (χ4n) is 3.98. The number of methoxy groups -OCH3 is 2.